The summed E-state index contributed by atoms with van der Waals surface area (Å²) < 4.78 is 5.55. The van der Waals surface area contributed by atoms with Crippen LogP contribution < -0.4 is 5.73 Å². The fourth-order valence-corrected chi connectivity index (χ4v) is 3.56. The van der Waals surface area contributed by atoms with E-state index < -0.39 is 0 Å². The third kappa shape index (κ3) is 3.98. The lowest BCUT2D eigenvalue weighted by molar-refractivity contribution is 0.270. The lowest BCUT2D eigenvalue weighted by Crippen LogP contribution is -2.28. The molecule has 1 fully saturated rings. The van der Waals surface area contributed by atoms with Crippen molar-refractivity contribution in [2.45, 2.75) is 25.4 Å². The zero-order valence-electron chi connectivity index (χ0n) is 14.8. The molecular formula is C21H24ClN3O. The second-order valence-corrected chi connectivity index (χ2v) is 6.92. The molecule has 1 saturated heterocycles. The van der Waals surface area contributed by atoms with E-state index in [1.807, 2.05) is 12.1 Å². The highest BCUT2D eigenvalue weighted by molar-refractivity contribution is 5.85. The van der Waals surface area contributed by atoms with Gasteiger partial charge in [0.1, 0.15) is 5.69 Å². The standard InChI is InChI=1S/C21H23N3O.ClH/c1-15-7-9-17(10-8-15)21-11-18(25-23-21)12-24-13-19(20(22)14-24)16-5-3-2-4-6-16;/h2-11,19-20H,12-14,22H2,1H3;1H/t19-,20+;/m0./s1. The van der Waals surface area contributed by atoms with E-state index >= 15 is 0 Å². The third-order valence-corrected chi connectivity index (χ3v) is 4.95. The summed E-state index contributed by atoms with van der Waals surface area (Å²) in [5, 5.41) is 4.22. The summed E-state index contributed by atoms with van der Waals surface area (Å²) in [5.74, 6) is 1.26. The van der Waals surface area contributed by atoms with E-state index in [2.05, 4.69) is 65.5 Å². The van der Waals surface area contributed by atoms with Gasteiger partial charge in [0, 0.05) is 36.7 Å². The van der Waals surface area contributed by atoms with Crippen LogP contribution in [0.2, 0.25) is 0 Å². The molecule has 4 rings (SSSR count). The van der Waals surface area contributed by atoms with Crippen LogP contribution in [0.25, 0.3) is 11.3 Å². The van der Waals surface area contributed by atoms with Crippen LogP contribution in [0.1, 0.15) is 22.8 Å². The summed E-state index contributed by atoms with van der Waals surface area (Å²) in [6.07, 6.45) is 0. The van der Waals surface area contributed by atoms with Gasteiger partial charge in [0.05, 0.1) is 6.54 Å². The molecule has 2 heterocycles. The van der Waals surface area contributed by atoms with Crippen LogP contribution in [0.3, 0.4) is 0 Å². The molecule has 5 heteroatoms. The van der Waals surface area contributed by atoms with Crippen molar-refractivity contribution in [1.29, 1.82) is 0 Å². The highest BCUT2D eigenvalue weighted by Crippen LogP contribution is 2.28. The number of nitrogens with two attached hydrogens (primary N) is 1. The number of benzene rings is 2. The maximum atomic E-state index is 6.38. The number of aromatic nitrogens is 1. The third-order valence-electron chi connectivity index (χ3n) is 4.95. The molecule has 136 valence electrons. The molecule has 0 bridgehead atoms. The molecule has 2 aromatic carbocycles. The Labute approximate surface area is 160 Å². The summed E-state index contributed by atoms with van der Waals surface area (Å²) in [5.41, 5.74) is 10.9. The lowest BCUT2D eigenvalue weighted by Gasteiger charge is -2.14. The van der Waals surface area contributed by atoms with Crippen molar-refractivity contribution in [1.82, 2.24) is 10.1 Å². The molecule has 0 radical (unpaired) electrons. The smallest absolute Gasteiger partial charge is 0.151 e. The van der Waals surface area contributed by atoms with Crippen LogP contribution in [-0.2, 0) is 6.54 Å². The summed E-state index contributed by atoms with van der Waals surface area (Å²) in [7, 11) is 0. The van der Waals surface area contributed by atoms with Gasteiger partial charge in [-0.2, -0.15) is 0 Å². The van der Waals surface area contributed by atoms with Gasteiger partial charge in [-0.05, 0) is 12.5 Å². The SMILES string of the molecule is Cc1ccc(-c2cc(CN3C[C@@H](N)[C@H](c4ccccc4)C3)on2)cc1.Cl. The Kier molecular flexibility index (Phi) is 5.77. The second kappa shape index (κ2) is 8.04. The summed E-state index contributed by atoms with van der Waals surface area (Å²) >= 11 is 0. The minimum Gasteiger partial charge on any atom is -0.359 e. The van der Waals surface area contributed by atoms with Gasteiger partial charge in [-0.15, -0.1) is 12.4 Å². The minimum absolute atomic E-state index is 0. The van der Waals surface area contributed by atoms with E-state index in [1.165, 1.54) is 11.1 Å². The predicted octanol–water partition coefficient (Wildman–Crippen LogP) is 4.00. The predicted molar refractivity (Wildman–Crippen MR) is 106 cm³/mol. The van der Waals surface area contributed by atoms with Gasteiger partial charge in [-0.3, -0.25) is 4.90 Å². The average molecular weight is 370 g/mol. The Morgan fingerprint density at radius 3 is 2.54 bits per heavy atom. The normalized spacial score (nSPS) is 20.1. The van der Waals surface area contributed by atoms with E-state index in [4.69, 9.17) is 10.3 Å². The summed E-state index contributed by atoms with van der Waals surface area (Å²) in [4.78, 5) is 2.35. The maximum Gasteiger partial charge on any atom is 0.151 e. The molecule has 0 saturated carbocycles. The number of nitrogens with zero attached hydrogens (tertiary/aromatic N) is 2. The zero-order chi connectivity index (χ0) is 17.2. The average Bonchev–Trinajstić information content (AvgIpc) is 3.23. The van der Waals surface area contributed by atoms with Gasteiger partial charge in [0.25, 0.3) is 0 Å². The number of likely N-dealkylation sites (tertiary alicyclic amines) is 1. The highest BCUT2D eigenvalue weighted by Gasteiger charge is 2.31. The molecule has 0 amide bonds. The largest absolute Gasteiger partial charge is 0.359 e. The van der Waals surface area contributed by atoms with Crippen LogP contribution >= 0.6 is 12.4 Å². The number of rotatable bonds is 4. The highest BCUT2D eigenvalue weighted by atomic mass is 35.5. The van der Waals surface area contributed by atoms with Crippen molar-refractivity contribution in [3.8, 4) is 11.3 Å². The Morgan fingerprint density at radius 2 is 1.81 bits per heavy atom. The molecule has 1 aliphatic rings. The van der Waals surface area contributed by atoms with Gasteiger partial charge in [-0.1, -0.05) is 65.3 Å². The number of hydrogen-bond donors (Lipinski definition) is 1. The molecule has 3 aromatic rings. The fourth-order valence-electron chi connectivity index (χ4n) is 3.56. The van der Waals surface area contributed by atoms with Crippen molar-refractivity contribution in [3.63, 3.8) is 0 Å². The maximum absolute atomic E-state index is 6.38. The van der Waals surface area contributed by atoms with E-state index in [-0.39, 0.29) is 18.4 Å². The van der Waals surface area contributed by atoms with Crippen molar-refractivity contribution in [2.24, 2.45) is 5.73 Å². The Morgan fingerprint density at radius 1 is 1.08 bits per heavy atom. The van der Waals surface area contributed by atoms with Crippen molar-refractivity contribution < 1.29 is 4.52 Å². The molecule has 4 nitrogen and oxygen atoms in total. The van der Waals surface area contributed by atoms with Crippen molar-refractivity contribution >= 4 is 12.4 Å². The van der Waals surface area contributed by atoms with Crippen LogP contribution in [0, 0.1) is 6.92 Å². The molecule has 0 unspecified atom stereocenters. The van der Waals surface area contributed by atoms with Crippen LogP contribution in [0.4, 0.5) is 0 Å². The van der Waals surface area contributed by atoms with Crippen LogP contribution in [0.5, 0.6) is 0 Å². The molecular weight excluding hydrogens is 346 g/mol. The van der Waals surface area contributed by atoms with Gasteiger partial charge >= 0.3 is 0 Å². The first-order chi connectivity index (χ1) is 12.2. The first kappa shape index (κ1) is 18.6. The molecule has 2 atom stereocenters. The van der Waals surface area contributed by atoms with Gasteiger partial charge < -0.3 is 10.3 Å². The Hall–Kier alpha value is -2.14. The number of aryl methyl sites for hydroxylation is 1. The quantitative estimate of drug-likeness (QED) is 0.755. The van der Waals surface area contributed by atoms with E-state index in [0.29, 0.717) is 5.92 Å². The summed E-state index contributed by atoms with van der Waals surface area (Å²) in [6, 6.07) is 21.1. The van der Waals surface area contributed by atoms with E-state index in [9.17, 15) is 0 Å². The zero-order valence-corrected chi connectivity index (χ0v) is 15.7. The number of hydrogen-bond acceptors (Lipinski definition) is 4. The number of halogens is 1. The molecule has 0 aliphatic carbocycles. The topological polar surface area (TPSA) is 55.3 Å². The monoisotopic (exact) mass is 369 g/mol. The van der Waals surface area contributed by atoms with Crippen molar-refractivity contribution in [2.75, 3.05) is 13.1 Å². The van der Waals surface area contributed by atoms with E-state index in [0.717, 1.165) is 36.7 Å². The lowest BCUT2D eigenvalue weighted by atomic mass is 9.95. The fraction of sp³-hybridized carbons (Fsp3) is 0.286. The van der Waals surface area contributed by atoms with Crippen LogP contribution in [0.15, 0.2) is 65.2 Å². The minimum atomic E-state index is 0. The Bertz CT molecular complexity index is 832. The van der Waals surface area contributed by atoms with E-state index in [1.54, 1.807) is 0 Å². The summed E-state index contributed by atoms with van der Waals surface area (Å²) in [6.45, 7) is 4.65. The Balaban J connectivity index is 0.00000196. The molecule has 1 aromatic heterocycles. The van der Waals surface area contributed by atoms with Crippen LogP contribution in [-0.4, -0.2) is 29.2 Å². The first-order valence-corrected chi connectivity index (χ1v) is 8.74. The molecule has 0 spiro atoms. The van der Waals surface area contributed by atoms with Crippen molar-refractivity contribution in [3.05, 3.63) is 77.6 Å². The first-order valence-electron chi connectivity index (χ1n) is 8.74. The van der Waals surface area contributed by atoms with Gasteiger partial charge in [0.2, 0.25) is 0 Å². The molecule has 26 heavy (non-hydrogen) atoms. The van der Waals surface area contributed by atoms with Gasteiger partial charge in [-0.25, -0.2) is 0 Å². The second-order valence-electron chi connectivity index (χ2n) is 6.92. The molecule has 1 aliphatic heterocycles. The molecule has 2 N–H and O–H groups in total. The van der Waals surface area contributed by atoms with Gasteiger partial charge in [0.15, 0.2) is 5.76 Å².